The molecule has 2 rings (SSSR count). The summed E-state index contributed by atoms with van der Waals surface area (Å²) >= 11 is 0. The standard InChI is InChI=1S/C12H13NO2/c1-12(2,3)8-6-4-5-7-9(8)13-11(15)10(7)14/h4-6H,1-3H3,(H,13,14,15). The molecule has 1 heterocycles. The molecule has 0 unspecified atom stereocenters. The van der Waals surface area contributed by atoms with Crippen LogP contribution in [0.15, 0.2) is 18.2 Å². The van der Waals surface area contributed by atoms with Gasteiger partial charge in [0.1, 0.15) is 0 Å². The molecule has 1 aromatic carbocycles. The largest absolute Gasteiger partial charge is 0.318 e. The summed E-state index contributed by atoms with van der Waals surface area (Å²) in [7, 11) is 0. The maximum absolute atomic E-state index is 11.5. The van der Waals surface area contributed by atoms with Crippen LogP contribution in [0.25, 0.3) is 0 Å². The third kappa shape index (κ3) is 1.44. The number of carbonyl (C=O) groups excluding carboxylic acids is 2. The monoisotopic (exact) mass is 203 g/mol. The number of amides is 1. The molecule has 78 valence electrons. The van der Waals surface area contributed by atoms with Gasteiger partial charge in [-0.05, 0) is 17.0 Å². The third-order valence-corrected chi connectivity index (χ3v) is 2.56. The third-order valence-electron chi connectivity index (χ3n) is 2.56. The molecule has 0 saturated heterocycles. The topological polar surface area (TPSA) is 46.2 Å². The van der Waals surface area contributed by atoms with Crippen molar-refractivity contribution < 1.29 is 9.59 Å². The summed E-state index contributed by atoms with van der Waals surface area (Å²) in [6, 6.07) is 5.44. The molecule has 1 aliphatic rings. The number of anilines is 1. The van der Waals surface area contributed by atoms with Gasteiger partial charge in [-0.25, -0.2) is 0 Å². The number of carbonyl (C=O) groups is 2. The first-order valence-electron chi connectivity index (χ1n) is 4.90. The minimum Gasteiger partial charge on any atom is -0.318 e. The zero-order valence-corrected chi connectivity index (χ0v) is 9.05. The first-order valence-corrected chi connectivity index (χ1v) is 4.90. The van der Waals surface area contributed by atoms with Gasteiger partial charge in [0, 0.05) is 0 Å². The Kier molecular flexibility index (Phi) is 1.93. The molecule has 1 aromatic rings. The molecule has 1 N–H and O–H groups in total. The van der Waals surface area contributed by atoms with Crippen LogP contribution >= 0.6 is 0 Å². The molecule has 1 amide bonds. The average Bonchev–Trinajstić information content (AvgIpc) is 2.41. The zero-order chi connectivity index (χ0) is 11.2. The van der Waals surface area contributed by atoms with Gasteiger partial charge in [0.15, 0.2) is 0 Å². The molecule has 0 spiro atoms. The second kappa shape index (κ2) is 2.92. The van der Waals surface area contributed by atoms with Crippen LogP contribution in [0.4, 0.5) is 5.69 Å². The lowest BCUT2D eigenvalue weighted by Gasteiger charge is -2.21. The van der Waals surface area contributed by atoms with Crippen LogP contribution in [0.5, 0.6) is 0 Å². The Morgan fingerprint density at radius 1 is 1.13 bits per heavy atom. The molecule has 0 aliphatic carbocycles. The molecule has 0 aromatic heterocycles. The molecule has 0 saturated carbocycles. The number of Topliss-reactive ketones (excluding diaryl/α,β-unsaturated/α-hetero) is 1. The van der Waals surface area contributed by atoms with Crippen molar-refractivity contribution in [1.29, 1.82) is 0 Å². The zero-order valence-electron chi connectivity index (χ0n) is 9.05. The van der Waals surface area contributed by atoms with Crippen LogP contribution in [0.1, 0.15) is 36.7 Å². The van der Waals surface area contributed by atoms with E-state index in [1.54, 1.807) is 6.07 Å². The van der Waals surface area contributed by atoms with Crippen LogP contribution in [0.2, 0.25) is 0 Å². The predicted octanol–water partition coefficient (Wildman–Crippen LogP) is 2.12. The number of hydrogen-bond donors (Lipinski definition) is 1. The minimum atomic E-state index is -0.526. The Balaban J connectivity index is 2.65. The summed E-state index contributed by atoms with van der Waals surface area (Å²) in [4.78, 5) is 22.7. The van der Waals surface area contributed by atoms with Gasteiger partial charge in [-0.15, -0.1) is 0 Å². The smallest absolute Gasteiger partial charge is 0.296 e. The van der Waals surface area contributed by atoms with Crippen molar-refractivity contribution in [2.45, 2.75) is 26.2 Å². The van der Waals surface area contributed by atoms with E-state index in [1.165, 1.54) is 0 Å². The molecule has 0 bridgehead atoms. The van der Waals surface area contributed by atoms with Gasteiger partial charge in [-0.2, -0.15) is 0 Å². The van der Waals surface area contributed by atoms with E-state index < -0.39 is 11.7 Å². The minimum absolute atomic E-state index is 0.0801. The number of rotatable bonds is 0. The van der Waals surface area contributed by atoms with Gasteiger partial charge >= 0.3 is 0 Å². The fourth-order valence-electron chi connectivity index (χ4n) is 1.79. The normalized spacial score (nSPS) is 15.1. The molecule has 0 fully saturated rings. The van der Waals surface area contributed by atoms with Crippen LogP contribution in [-0.4, -0.2) is 11.7 Å². The fourth-order valence-corrected chi connectivity index (χ4v) is 1.79. The van der Waals surface area contributed by atoms with Gasteiger partial charge in [-0.1, -0.05) is 32.9 Å². The quantitative estimate of drug-likeness (QED) is 0.656. The number of hydrogen-bond acceptors (Lipinski definition) is 2. The highest BCUT2D eigenvalue weighted by molar-refractivity contribution is 6.51. The van der Waals surface area contributed by atoms with Crippen LogP contribution in [0.3, 0.4) is 0 Å². The molecule has 3 nitrogen and oxygen atoms in total. The summed E-state index contributed by atoms with van der Waals surface area (Å²) in [6.07, 6.45) is 0. The number of fused-ring (bicyclic) bond motifs is 1. The van der Waals surface area contributed by atoms with Crippen LogP contribution in [-0.2, 0) is 10.2 Å². The average molecular weight is 203 g/mol. The van der Waals surface area contributed by atoms with Gasteiger partial charge in [0.25, 0.3) is 11.7 Å². The van der Waals surface area contributed by atoms with E-state index in [-0.39, 0.29) is 5.41 Å². The van der Waals surface area contributed by atoms with Gasteiger partial charge in [0.2, 0.25) is 0 Å². The maximum atomic E-state index is 11.5. The van der Waals surface area contributed by atoms with Crippen molar-refractivity contribution >= 4 is 17.4 Å². The molecule has 0 radical (unpaired) electrons. The van der Waals surface area contributed by atoms with E-state index >= 15 is 0 Å². The number of ketones is 1. The SMILES string of the molecule is CC(C)(C)c1cccc2c1NC(=O)C2=O. The van der Waals surface area contributed by atoms with Crippen molar-refractivity contribution in [2.24, 2.45) is 0 Å². The Hall–Kier alpha value is -1.64. The highest BCUT2D eigenvalue weighted by Crippen LogP contribution is 2.35. The summed E-state index contributed by atoms with van der Waals surface area (Å²) in [6.45, 7) is 6.16. The highest BCUT2D eigenvalue weighted by atomic mass is 16.2. The molecular weight excluding hydrogens is 190 g/mol. The highest BCUT2D eigenvalue weighted by Gasteiger charge is 2.32. The van der Waals surface area contributed by atoms with Crippen molar-refractivity contribution in [2.75, 3.05) is 5.32 Å². The molecule has 15 heavy (non-hydrogen) atoms. The molecular formula is C12H13NO2. The first-order chi connectivity index (χ1) is 6.91. The number of para-hydroxylation sites is 1. The summed E-state index contributed by atoms with van der Waals surface area (Å²) < 4.78 is 0. The lowest BCUT2D eigenvalue weighted by atomic mass is 9.85. The number of nitrogens with one attached hydrogen (secondary N) is 1. The second-order valence-electron chi connectivity index (χ2n) is 4.76. The van der Waals surface area contributed by atoms with E-state index in [9.17, 15) is 9.59 Å². The Morgan fingerprint density at radius 2 is 1.80 bits per heavy atom. The van der Waals surface area contributed by atoms with Crippen molar-refractivity contribution in [3.05, 3.63) is 29.3 Å². The number of benzene rings is 1. The second-order valence-corrected chi connectivity index (χ2v) is 4.76. The summed E-state index contributed by atoms with van der Waals surface area (Å²) in [5, 5.41) is 2.63. The van der Waals surface area contributed by atoms with E-state index in [2.05, 4.69) is 26.1 Å². The van der Waals surface area contributed by atoms with Crippen LogP contribution in [0, 0.1) is 0 Å². The van der Waals surface area contributed by atoms with Crippen molar-refractivity contribution in [3.8, 4) is 0 Å². The van der Waals surface area contributed by atoms with Crippen molar-refractivity contribution in [3.63, 3.8) is 0 Å². The van der Waals surface area contributed by atoms with E-state index in [0.29, 0.717) is 11.3 Å². The van der Waals surface area contributed by atoms with Gasteiger partial charge < -0.3 is 5.32 Å². The van der Waals surface area contributed by atoms with Gasteiger partial charge in [0.05, 0.1) is 11.3 Å². The molecule has 0 atom stereocenters. The maximum Gasteiger partial charge on any atom is 0.296 e. The predicted molar refractivity (Wildman–Crippen MR) is 58.1 cm³/mol. The van der Waals surface area contributed by atoms with Crippen LogP contribution < -0.4 is 5.32 Å². The summed E-state index contributed by atoms with van der Waals surface area (Å²) in [5.41, 5.74) is 2.09. The lowest BCUT2D eigenvalue weighted by molar-refractivity contribution is -0.112. The Labute approximate surface area is 88.5 Å². The van der Waals surface area contributed by atoms with E-state index in [1.807, 2.05) is 12.1 Å². The Bertz CT molecular complexity index is 455. The fraction of sp³-hybridized carbons (Fsp3) is 0.333. The molecule has 1 aliphatic heterocycles. The Morgan fingerprint density at radius 3 is 2.40 bits per heavy atom. The first kappa shape index (κ1) is 9.90. The van der Waals surface area contributed by atoms with E-state index in [0.717, 1.165) is 5.56 Å². The lowest BCUT2D eigenvalue weighted by Crippen LogP contribution is -2.15. The summed E-state index contributed by atoms with van der Waals surface area (Å²) in [5.74, 6) is -0.960. The van der Waals surface area contributed by atoms with E-state index in [4.69, 9.17) is 0 Å². The van der Waals surface area contributed by atoms with Gasteiger partial charge in [-0.3, -0.25) is 9.59 Å². The van der Waals surface area contributed by atoms with Crippen molar-refractivity contribution in [1.82, 2.24) is 0 Å². The molecule has 3 heteroatoms.